The molecule has 1 heterocycles. The minimum atomic E-state index is -0.345. The summed E-state index contributed by atoms with van der Waals surface area (Å²) in [6.07, 6.45) is 1.62. The van der Waals surface area contributed by atoms with E-state index >= 15 is 0 Å². The van der Waals surface area contributed by atoms with Crippen molar-refractivity contribution in [1.82, 2.24) is 4.98 Å². The molecule has 3 rings (SSSR count). The third-order valence-electron chi connectivity index (χ3n) is 3.25. The summed E-state index contributed by atoms with van der Waals surface area (Å²) in [5.74, 6) is -0.345. The molecule has 0 radical (unpaired) electrons. The van der Waals surface area contributed by atoms with Crippen molar-refractivity contribution in [3.63, 3.8) is 0 Å². The van der Waals surface area contributed by atoms with Crippen LogP contribution < -0.4 is 0 Å². The second kappa shape index (κ2) is 5.13. The maximum absolute atomic E-state index is 11.8. The highest BCUT2D eigenvalue weighted by atomic mass is 16.5. The van der Waals surface area contributed by atoms with E-state index in [0.717, 1.165) is 22.0 Å². The molecule has 0 amide bonds. The monoisotopic (exact) mass is 263 g/mol. The fraction of sp³-hybridized carbons (Fsp3) is 0.0588. The van der Waals surface area contributed by atoms with Crippen LogP contribution in [0.5, 0.6) is 0 Å². The molecule has 0 N–H and O–H groups in total. The van der Waals surface area contributed by atoms with Gasteiger partial charge in [-0.1, -0.05) is 36.4 Å². The fourth-order valence-electron chi connectivity index (χ4n) is 2.24. The van der Waals surface area contributed by atoms with Gasteiger partial charge in [0.1, 0.15) is 0 Å². The zero-order valence-electron chi connectivity index (χ0n) is 11.0. The molecule has 0 fully saturated rings. The van der Waals surface area contributed by atoms with E-state index < -0.39 is 0 Å². The molecule has 0 saturated carbocycles. The Morgan fingerprint density at radius 1 is 1.00 bits per heavy atom. The van der Waals surface area contributed by atoms with Crippen LogP contribution in [0.3, 0.4) is 0 Å². The van der Waals surface area contributed by atoms with Gasteiger partial charge in [-0.05, 0) is 29.3 Å². The lowest BCUT2D eigenvalue weighted by atomic mass is 10.0. The molecule has 0 aliphatic rings. The first-order chi connectivity index (χ1) is 9.79. The molecule has 0 aliphatic heterocycles. The van der Waals surface area contributed by atoms with Crippen LogP contribution in [0.15, 0.2) is 60.8 Å². The molecule has 0 unspecified atom stereocenters. The molecule has 3 nitrogen and oxygen atoms in total. The molecule has 20 heavy (non-hydrogen) atoms. The van der Waals surface area contributed by atoms with E-state index in [1.54, 1.807) is 12.3 Å². The van der Waals surface area contributed by atoms with Crippen LogP contribution in [0.2, 0.25) is 0 Å². The largest absolute Gasteiger partial charge is 0.465 e. The number of pyridine rings is 1. The predicted octanol–water partition coefficient (Wildman–Crippen LogP) is 3.69. The Balaban J connectivity index is 2.22. The van der Waals surface area contributed by atoms with E-state index in [9.17, 15) is 4.79 Å². The van der Waals surface area contributed by atoms with Gasteiger partial charge >= 0.3 is 5.97 Å². The highest BCUT2D eigenvalue weighted by molar-refractivity contribution is 6.04. The third-order valence-corrected chi connectivity index (χ3v) is 3.25. The average molecular weight is 263 g/mol. The summed E-state index contributed by atoms with van der Waals surface area (Å²) in [6, 6.07) is 17.6. The minimum Gasteiger partial charge on any atom is -0.465 e. The third kappa shape index (κ3) is 2.14. The Kier molecular flexibility index (Phi) is 3.17. The normalized spacial score (nSPS) is 10.4. The van der Waals surface area contributed by atoms with Crippen molar-refractivity contribution < 1.29 is 9.53 Å². The molecule has 3 heteroatoms. The Bertz CT molecular complexity index is 766. The maximum atomic E-state index is 11.8. The number of hydrogen-bond donors (Lipinski definition) is 0. The lowest BCUT2D eigenvalue weighted by molar-refractivity contribution is 0.0603. The number of fused-ring (bicyclic) bond motifs is 1. The number of rotatable bonds is 2. The van der Waals surface area contributed by atoms with E-state index in [-0.39, 0.29) is 5.97 Å². The molecule has 0 aliphatic carbocycles. The first kappa shape index (κ1) is 12.4. The van der Waals surface area contributed by atoms with Crippen LogP contribution in [0, 0.1) is 0 Å². The average Bonchev–Trinajstić information content (AvgIpc) is 2.54. The quantitative estimate of drug-likeness (QED) is 0.662. The number of hydrogen-bond acceptors (Lipinski definition) is 3. The Morgan fingerprint density at radius 3 is 2.55 bits per heavy atom. The van der Waals surface area contributed by atoms with Gasteiger partial charge in [0, 0.05) is 11.6 Å². The summed E-state index contributed by atoms with van der Waals surface area (Å²) in [5, 5.41) is 0.806. The van der Waals surface area contributed by atoms with Crippen LogP contribution in [0.4, 0.5) is 0 Å². The molecule has 2 aromatic carbocycles. The predicted molar refractivity (Wildman–Crippen MR) is 78.5 cm³/mol. The molecule has 3 aromatic rings. The summed E-state index contributed by atoms with van der Waals surface area (Å²) in [6.45, 7) is 0. The molecule has 1 aromatic heterocycles. The van der Waals surface area contributed by atoms with E-state index in [0.29, 0.717) is 5.56 Å². The number of aromatic nitrogens is 1. The van der Waals surface area contributed by atoms with Crippen molar-refractivity contribution in [2.24, 2.45) is 0 Å². The molecule has 0 atom stereocenters. The number of benzene rings is 2. The first-order valence-corrected chi connectivity index (χ1v) is 6.32. The van der Waals surface area contributed by atoms with Crippen LogP contribution in [0.1, 0.15) is 10.4 Å². The van der Waals surface area contributed by atoms with Crippen molar-refractivity contribution in [1.29, 1.82) is 0 Å². The number of carbonyl (C=O) groups is 1. The summed E-state index contributed by atoms with van der Waals surface area (Å²) in [4.78, 5) is 16.1. The van der Waals surface area contributed by atoms with Gasteiger partial charge in [-0.2, -0.15) is 0 Å². The van der Waals surface area contributed by atoms with Crippen molar-refractivity contribution in [2.45, 2.75) is 0 Å². The standard InChI is InChI=1S/C17H13NO2/c1-20-17(19)14-9-10-18-16-8-7-13(11-15(14)16)12-5-3-2-4-6-12/h2-11H,1H3. The molecule has 0 spiro atoms. The fourth-order valence-corrected chi connectivity index (χ4v) is 2.24. The minimum absolute atomic E-state index is 0.345. The molecular weight excluding hydrogens is 250 g/mol. The van der Waals surface area contributed by atoms with Gasteiger partial charge in [-0.15, -0.1) is 0 Å². The van der Waals surface area contributed by atoms with Gasteiger partial charge in [-0.3, -0.25) is 4.98 Å². The first-order valence-electron chi connectivity index (χ1n) is 6.32. The van der Waals surface area contributed by atoms with E-state index in [4.69, 9.17) is 4.74 Å². The second-order valence-corrected chi connectivity index (χ2v) is 4.45. The zero-order valence-corrected chi connectivity index (χ0v) is 11.0. The number of carbonyl (C=O) groups excluding carboxylic acids is 1. The van der Waals surface area contributed by atoms with Gasteiger partial charge in [0.25, 0.3) is 0 Å². The Labute approximate surface area is 116 Å². The Hall–Kier alpha value is -2.68. The van der Waals surface area contributed by atoms with Crippen molar-refractivity contribution >= 4 is 16.9 Å². The SMILES string of the molecule is COC(=O)c1ccnc2ccc(-c3ccccc3)cc12. The maximum Gasteiger partial charge on any atom is 0.338 e. The van der Waals surface area contributed by atoms with Crippen LogP contribution in [0.25, 0.3) is 22.0 Å². The summed E-state index contributed by atoms with van der Waals surface area (Å²) in [5.41, 5.74) is 3.48. The Morgan fingerprint density at radius 2 is 1.80 bits per heavy atom. The van der Waals surface area contributed by atoms with Crippen molar-refractivity contribution in [3.05, 3.63) is 66.4 Å². The van der Waals surface area contributed by atoms with Crippen molar-refractivity contribution in [3.8, 4) is 11.1 Å². The van der Waals surface area contributed by atoms with Crippen LogP contribution >= 0.6 is 0 Å². The van der Waals surface area contributed by atoms with Gasteiger partial charge in [0.15, 0.2) is 0 Å². The van der Waals surface area contributed by atoms with Crippen LogP contribution in [-0.2, 0) is 4.74 Å². The van der Waals surface area contributed by atoms with Gasteiger partial charge in [-0.25, -0.2) is 4.79 Å². The van der Waals surface area contributed by atoms with E-state index in [1.807, 2.05) is 48.5 Å². The number of ether oxygens (including phenoxy) is 1. The zero-order chi connectivity index (χ0) is 13.9. The topological polar surface area (TPSA) is 39.2 Å². The summed E-state index contributed by atoms with van der Waals surface area (Å²) >= 11 is 0. The highest BCUT2D eigenvalue weighted by Crippen LogP contribution is 2.25. The van der Waals surface area contributed by atoms with Crippen LogP contribution in [-0.4, -0.2) is 18.1 Å². The van der Waals surface area contributed by atoms with Gasteiger partial charge in [0.05, 0.1) is 18.2 Å². The molecule has 98 valence electrons. The number of nitrogens with zero attached hydrogens (tertiary/aromatic N) is 1. The summed E-state index contributed by atoms with van der Waals surface area (Å²) < 4.78 is 4.82. The van der Waals surface area contributed by atoms with E-state index in [1.165, 1.54) is 7.11 Å². The number of methoxy groups -OCH3 is 1. The van der Waals surface area contributed by atoms with Crippen molar-refractivity contribution in [2.75, 3.05) is 7.11 Å². The molecular formula is C17H13NO2. The van der Waals surface area contributed by atoms with Gasteiger partial charge < -0.3 is 4.74 Å². The van der Waals surface area contributed by atoms with Gasteiger partial charge in [0.2, 0.25) is 0 Å². The highest BCUT2D eigenvalue weighted by Gasteiger charge is 2.11. The second-order valence-electron chi connectivity index (χ2n) is 4.45. The molecule has 0 bridgehead atoms. The van der Waals surface area contributed by atoms with E-state index in [2.05, 4.69) is 4.98 Å². The lowest BCUT2D eigenvalue weighted by Gasteiger charge is -2.07. The lowest BCUT2D eigenvalue weighted by Crippen LogP contribution is -2.02. The molecule has 0 saturated heterocycles. The smallest absolute Gasteiger partial charge is 0.338 e. The number of esters is 1. The summed E-state index contributed by atoms with van der Waals surface area (Å²) in [7, 11) is 1.38.